The first-order chi connectivity index (χ1) is 5.33. The lowest BCUT2D eigenvalue weighted by Crippen LogP contribution is -2.19. The van der Waals surface area contributed by atoms with Gasteiger partial charge in [0.05, 0.1) is 0 Å². The van der Waals surface area contributed by atoms with Crippen LogP contribution in [-0.2, 0) is 0 Å². The lowest BCUT2D eigenvalue weighted by Gasteiger charge is -2.14. The van der Waals surface area contributed by atoms with Gasteiger partial charge in [-0.1, -0.05) is 18.6 Å². The molecular weight excluding hydrogens is 136 g/mol. The SMILES string of the molecule is CC1CN/C=C\C=C(/CN)C1. The van der Waals surface area contributed by atoms with Crippen molar-refractivity contribution in [3.8, 4) is 0 Å². The van der Waals surface area contributed by atoms with Crippen molar-refractivity contribution in [3.63, 3.8) is 0 Å². The predicted molar refractivity (Wildman–Crippen MR) is 48.1 cm³/mol. The van der Waals surface area contributed by atoms with E-state index >= 15 is 0 Å². The molecule has 62 valence electrons. The van der Waals surface area contributed by atoms with Crippen molar-refractivity contribution in [1.29, 1.82) is 0 Å². The maximum absolute atomic E-state index is 5.56. The van der Waals surface area contributed by atoms with E-state index in [1.165, 1.54) is 5.57 Å². The summed E-state index contributed by atoms with van der Waals surface area (Å²) in [5, 5.41) is 3.22. The highest BCUT2D eigenvalue weighted by molar-refractivity contribution is 5.15. The molecule has 0 saturated carbocycles. The molecule has 0 aromatic carbocycles. The molecule has 0 aliphatic carbocycles. The summed E-state index contributed by atoms with van der Waals surface area (Å²) >= 11 is 0. The van der Waals surface area contributed by atoms with Gasteiger partial charge in [-0.2, -0.15) is 0 Å². The highest BCUT2D eigenvalue weighted by atomic mass is 14.8. The number of allylic oxidation sites excluding steroid dienone is 2. The molecule has 1 rings (SSSR count). The second-order valence-corrected chi connectivity index (χ2v) is 3.11. The summed E-state index contributed by atoms with van der Waals surface area (Å²) in [4.78, 5) is 0. The summed E-state index contributed by atoms with van der Waals surface area (Å²) in [5.41, 5.74) is 6.91. The molecule has 2 heteroatoms. The van der Waals surface area contributed by atoms with E-state index in [9.17, 15) is 0 Å². The molecule has 1 heterocycles. The molecule has 0 amide bonds. The molecule has 1 aliphatic heterocycles. The van der Waals surface area contributed by atoms with Crippen molar-refractivity contribution < 1.29 is 0 Å². The highest BCUT2D eigenvalue weighted by Crippen LogP contribution is 2.10. The van der Waals surface area contributed by atoms with Gasteiger partial charge in [0.15, 0.2) is 0 Å². The van der Waals surface area contributed by atoms with Crippen LogP contribution < -0.4 is 11.1 Å². The van der Waals surface area contributed by atoms with Gasteiger partial charge < -0.3 is 11.1 Å². The van der Waals surface area contributed by atoms with E-state index < -0.39 is 0 Å². The fourth-order valence-electron chi connectivity index (χ4n) is 1.26. The van der Waals surface area contributed by atoms with Crippen molar-refractivity contribution in [2.45, 2.75) is 13.3 Å². The molecule has 0 saturated heterocycles. The maximum Gasteiger partial charge on any atom is 0.0170 e. The Bertz CT molecular complexity index is 170. The van der Waals surface area contributed by atoms with E-state index in [1.807, 2.05) is 12.3 Å². The van der Waals surface area contributed by atoms with Gasteiger partial charge in [-0.25, -0.2) is 0 Å². The Morgan fingerprint density at radius 1 is 1.73 bits per heavy atom. The Morgan fingerprint density at radius 3 is 3.27 bits per heavy atom. The molecule has 1 atom stereocenters. The molecule has 0 aromatic heterocycles. The van der Waals surface area contributed by atoms with Crippen molar-refractivity contribution in [1.82, 2.24) is 5.32 Å². The van der Waals surface area contributed by atoms with E-state index in [2.05, 4.69) is 18.3 Å². The molecule has 0 aromatic rings. The minimum Gasteiger partial charge on any atom is -0.391 e. The second-order valence-electron chi connectivity index (χ2n) is 3.11. The van der Waals surface area contributed by atoms with Gasteiger partial charge in [0, 0.05) is 13.1 Å². The van der Waals surface area contributed by atoms with Crippen LogP contribution >= 0.6 is 0 Å². The summed E-state index contributed by atoms with van der Waals surface area (Å²) < 4.78 is 0. The van der Waals surface area contributed by atoms with Crippen LogP contribution in [0, 0.1) is 5.92 Å². The molecule has 0 fully saturated rings. The molecular formula is C9H16N2. The van der Waals surface area contributed by atoms with Crippen LogP contribution in [-0.4, -0.2) is 13.1 Å². The van der Waals surface area contributed by atoms with E-state index in [4.69, 9.17) is 5.73 Å². The molecule has 2 nitrogen and oxygen atoms in total. The van der Waals surface area contributed by atoms with Gasteiger partial charge in [0.2, 0.25) is 0 Å². The molecule has 0 spiro atoms. The van der Waals surface area contributed by atoms with Gasteiger partial charge in [-0.05, 0) is 24.6 Å². The minimum atomic E-state index is 0.689. The Morgan fingerprint density at radius 2 is 2.55 bits per heavy atom. The average Bonchev–Trinajstić information content (AvgIpc) is 1.96. The monoisotopic (exact) mass is 152 g/mol. The largest absolute Gasteiger partial charge is 0.391 e. The first-order valence-corrected chi connectivity index (χ1v) is 4.11. The first kappa shape index (κ1) is 8.34. The molecule has 0 bridgehead atoms. The summed E-state index contributed by atoms with van der Waals surface area (Å²) in [7, 11) is 0. The lowest BCUT2D eigenvalue weighted by molar-refractivity contribution is 0.545. The quantitative estimate of drug-likeness (QED) is 0.588. The average molecular weight is 152 g/mol. The third kappa shape index (κ3) is 2.76. The van der Waals surface area contributed by atoms with Crippen LogP contribution in [0.3, 0.4) is 0 Å². The predicted octanol–water partition coefficient (Wildman–Crippen LogP) is 1.01. The minimum absolute atomic E-state index is 0.689. The topological polar surface area (TPSA) is 38.0 Å². The van der Waals surface area contributed by atoms with E-state index in [0.29, 0.717) is 12.5 Å². The first-order valence-electron chi connectivity index (χ1n) is 4.11. The fourth-order valence-corrected chi connectivity index (χ4v) is 1.26. The number of rotatable bonds is 1. The third-order valence-corrected chi connectivity index (χ3v) is 1.89. The zero-order valence-corrected chi connectivity index (χ0v) is 7.01. The van der Waals surface area contributed by atoms with E-state index in [-0.39, 0.29) is 0 Å². The molecule has 1 unspecified atom stereocenters. The molecule has 11 heavy (non-hydrogen) atoms. The Labute approximate surface area is 68.2 Å². The van der Waals surface area contributed by atoms with Gasteiger partial charge in [-0.3, -0.25) is 0 Å². The number of nitrogens with two attached hydrogens (primary N) is 1. The third-order valence-electron chi connectivity index (χ3n) is 1.89. The zero-order valence-electron chi connectivity index (χ0n) is 7.01. The second kappa shape index (κ2) is 4.19. The fraction of sp³-hybridized carbons (Fsp3) is 0.556. The van der Waals surface area contributed by atoms with Crippen molar-refractivity contribution in [2.24, 2.45) is 11.7 Å². The van der Waals surface area contributed by atoms with Crippen molar-refractivity contribution in [2.75, 3.05) is 13.1 Å². The summed E-state index contributed by atoms with van der Waals surface area (Å²) in [6, 6.07) is 0. The standard InChI is InChI=1S/C9H16N2/c1-8-5-9(6-10)3-2-4-11-7-8/h2-4,8,11H,5-7,10H2,1H3/b4-2-,9-3-. The van der Waals surface area contributed by atoms with Crippen molar-refractivity contribution in [3.05, 3.63) is 23.9 Å². The van der Waals surface area contributed by atoms with Gasteiger partial charge >= 0.3 is 0 Å². The van der Waals surface area contributed by atoms with Gasteiger partial charge in [0.1, 0.15) is 0 Å². The molecule has 3 N–H and O–H groups in total. The van der Waals surface area contributed by atoms with Crippen LogP contribution in [0.25, 0.3) is 0 Å². The van der Waals surface area contributed by atoms with Gasteiger partial charge in [-0.15, -0.1) is 0 Å². The van der Waals surface area contributed by atoms with E-state index in [0.717, 1.165) is 13.0 Å². The lowest BCUT2D eigenvalue weighted by atomic mass is 10.00. The van der Waals surface area contributed by atoms with Crippen LogP contribution in [0.4, 0.5) is 0 Å². The summed E-state index contributed by atoms with van der Waals surface area (Å²) in [5.74, 6) is 0.690. The van der Waals surface area contributed by atoms with E-state index in [1.54, 1.807) is 0 Å². The number of nitrogens with one attached hydrogen (secondary N) is 1. The smallest absolute Gasteiger partial charge is 0.0170 e. The normalized spacial score (nSPS) is 32.5. The van der Waals surface area contributed by atoms with Crippen LogP contribution in [0.1, 0.15) is 13.3 Å². The van der Waals surface area contributed by atoms with Crippen molar-refractivity contribution >= 4 is 0 Å². The van der Waals surface area contributed by atoms with Gasteiger partial charge in [0.25, 0.3) is 0 Å². The van der Waals surface area contributed by atoms with Crippen LogP contribution in [0.15, 0.2) is 23.9 Å². The Hall–Kier alpha value is -0.760. The summed E-state index contributed by atoms with van der Waals surface area (Å²) in [6.07, 6.45) is 7.22. The highest BCUT2D eigenvalue weighted by Gasteiger charge is 2.04. The van der Waals surface area contributed by atoms with Crippen LogP contribution in [0.2, 0.25) is 0 Å². The maximum atomic E-state index is 5.56. The Balaban J connectivity index is 2.58. The number of hydrogen-bond acceptors (Lipinski definition) is 2. The summed E-state index contributed by atoms with van der Waals surface area (Å²) in [6.45, 7) is 3.97. The Kier molecular flexibility index (Phi) is 3.17. The molecule has 0 radical (unpaired) electrons. The zero-order chi connectivity index (χ0) is 8.10. The number of hydrogen-bond donors (Lipinski definition) is 2. The van der Waals surface area contributed by atoms with Crippen LogP contribution in [0.5, 0.6) is 0 Å². The molecule has 1 aliphatic rings.